The van der Waals surface area contributed by atoms with E-state index in [-0.39, 0.29) is 11.8 Å². The van der Waals surface area contributed by atoms with Crippen molar-refractivity contribution < 1.29 is 0 Å². The van der Waals surface area contributed by atoms with E-state index in [0.717, 1.165) is 67.3 Å². The molecule has 0 N–H and O–H groups in total. The van der Waals surface area contributed by atoms with Crippen molar-refractivity contribution in [2.24, 2.45) is 0 Å². The van der Waals surface area contributed by atoms with E-state index in [9.17, 15) is 0 Å². The number of aromatic nitrogens is 4. The fraction of sp³-hybridized carbons (Fsp3) is 0.0263. The molecule has 2 bridgehead atoms. The highest BCUT2D eigenvalue weighted by Gasteiger charge is 2.41. The molecule has 4 nitrogen and oxygen atoms in total. The van der Waals surface area contributed by atoms with E-state index < -0.39 is 0 Å². The van der Waals surface area contributed by atoms with Gasteiger partial charge in [-0.2, -0.15) is 0 Å². The Morgan fingerprint density at radius 2 is 0.412 bits per heavy atom. The fourth-order valence-electron chi connectivity index (χ4n) is 12.1. The molecular weight excluding hydrogens is 969 g/mol. The summed E-state index contributed by atoms with van der Waals surface area (Å²) in [6.45, 7) is 0. The Hall–Kier alpha value is -10.4. The third-order valence-corrected chi connectivity index (χ3v) is 16.1. The van der Waals surface area contributed by atoms with E-state index in [2.05, 4.69) is 279 Å². The maximum absolute atomic E-state index is 5.36. The summed E-state index contributed by atoms with van der Waals surface area (Å²) in [5.41, 5.74) is 27.0. The first kappa shape index (κ1) is 46.8. The lowest BCUT2D eigenvalue weighted by atomic mass is 9.61. The van der Waals surface area contributed by atoms with Gasteiger partial charge in [0, 0.05) is 45.2 Å². The summed E-state index contributed by atoms with van der Waals surface area (Å²) in [6, 6.07) is 104. The van der Waals surface area contributed by atoms with Crippen LogP contribution >= 0.6 is 0 Å². The summed E-state index contributed by atoms with van der Waals surface area (Å²) in [5.74, 6) is 1.46. The van der Waals surface area contributed by atoms with Crippen LogP contribution in [0.2, 0.25) is 0 Å². The van der Waals surface area contributed by atoms with E-state index in [1.165, 1.54) is 66.8 Å². The van der Waals surface area contributed by atoms with E-state index in [1.807, 2.05) is 12.1 Å². The largest absolute Gasteiger partial charge is 0.228 e. The zero-order chi connectivity index (χ0) is 52.9. The minimum atomic E-state index is 0.0268. The molecule has 3 aliphatic rings. The molecule has 11 aromatic carbocycles. The molecular formula is C76H50N4. The van der Waals surface area contributed by atoms with Crippen molar-refractivity contribution >= 4 is 0 Å². The second-order valence-electron chi connectivity index (χ2n) is 20.9. The summed E-state index contributed by atoms with van der Waals surface area (Å²) < 4.78 is 0. The van der Waals surface area contributed by atoms with Crippen LogP contribution in [-0.4, -0.2) is 19.9 Å². The quantitative estimate of drug-likeness (QED) is 0.137. The number of nitrogens with zero attached hydrogens (tertiary/aromatic N) is 4. The Kier molecular flexibility index (Phi) is 11.6. The highest BCUT2D eigenvalue weighted by molar-refractivity contribution is 5.81. The molecule has 80 heavy (non-hydrogen) atoms. The highest BCUT2D eigenvalue weighted by Crippen LogP contribution is 2.57. The number of benzene rings is 11. The molecule has 13 aromatic rings. The van der Waals surface area contributed by atoms with Gasteiger partial charge in [0.05, 0.1) is 22.8 Å². The monoisotopic (exact) mass is 1020 g/mol. The van der Waals surface area contributed by atoms with Crippen molar-refractivity contribution in [2.45, 2.75) is 11.8 Å². The second-order valence-corrected chi connectivity index (χ2v) is 20.9. The van der Waals surface area contributed by atoms with Gasteiger partial charge in [-0.3, -0.25) is 0 Å². The van der Waals surface area contributed by atoms with Crippen molar-refractivity contribution in [3.05, 3.63) is 325 Å². The van der Waals surface area contributed by atoms with Crippen molar-refractivity contribution in [3.63, 3.8) is 0 Å². The van der Waals surface area contributed by atoms with E-state index in [4.69, 9.17) is 19.9 Å². The van der Waals surface area contributed by atoms with Crippen LogP contribution in [-0.2, 0) is 0 Å². The molecule has 2 heterocycles. The minimum absolute atomic E-state index is 0.0268. The lowest BCUT2D eigenvalue weighted by Crippen LogP contribution is -2.27. The minimum Gasteiger partial charge on any atom is -0.228 e. The maximum Gasteiger partial charge on any atom is 0.160 e. The van der Waals surface area contributed by atoms with Gasteiger partial charge < -0.3 is 0 Å². The van der Waals surface area contributed by atoms with Crippen molar-refractivity contribution in [1.82, 2.24) is 19.9 Å². The normalized spacial score (nSPS) is 13.8. The zero-order valence-electron chi connectivity index (χ0n) is 43.7. The van der Waals surface area contributed by atoms with E-state index >= 15 is 0 Å². The van der Waals surface area contributed by atoms with Gasteiger partial charge in [-0.15, -0.1) is 0 Å². The smallest absolute Gasteiger partial charge is 0.160 e. The third kappa shape index (κ3) is 8.61. The van der Waals surface area contributed by atoms with Crippen LogP contribution < -0.4 is 0 Å². The molecule has 0 radical (unpaired) electrons. The second kappa shape index (κ2) is 19.9. The topological polar surface area (TPSA) is 51.6 Å². The Balaban J connectivity index is 0.785. The summed E-state index contributed by atoms with van der Waals surface area (Å²) in [5, 5.41) is 0. The van der Waals surface area contributed by atoms with Gasteiger partial charge in [0.15, 0.2) is 11.6 Å². The third-order valence-electron chi connectivity index (χ3n) is 16.1. The van der Waals surface area contributed by atoms with Crippen LogP contribution in [0.5, 0.6) is 0 Å². The molecule has 0 spiro atoms. The van der Waals surface area contributed by atoms with Crippen LogP contribution in [0.15, 0.2) is 291 Å². The zero-order valence-corrected chi connectivity index (χ0v) is 43.7. The van der Waals surface area contributed by atoms with Crippen molar-refractivity contribution in [3.8, 4) is 112 Å². The van der Waals surface area contributed by atoms with Gasteiger partial charge in [0.25, 0.3) is 0 Å². The molecule has 0 aliphatic heterocycles. The summed E-state index contributed by atoms with van der Waals surface area (Å²) in [6.07, 6.45) is 0. The van der Waals surface area contributed by atoms with Gasteiger partial charge in [-0.05, 0) is 114 Å². The van der Waals surface area contributed by atoms with Gasteiger partial charge in [-0.25, -0.2) is 19.9 Å². The Morgan fingerprint density at radius 1 is 0.163 bits per heavy atom. The lowest BCUT2D eigenvalue weighted by molar-refractivity contribution is 0.754. The highest BCUT2D eigenvalue weighted by atomic mass is 14.9. The van der Waals surface area contributed by atoms with Gasteiger partial charge in [-0.1, -0.05) is 255 Å². The fourth-order valence-corrected chi connectivity index (χ4v) is 12.1. The number of rotatable bonds is 10. The van der Waals surface area contributed by atoms with Crippen LogP contribution in [0.3, 0.4) is 0 Å². The van der Waals surface area contributed by atoms with Gasteiger partial charge in [0.2, 0.25) is 0 Å². The Morgan fingerprint density at radius 3 is 0.762 bits per heavy atom. The molecule has 2 atom stereocenters. The Bertz CT molecular complexity index is 4150. The molecule has 2 aromatic heterocycles. The van der Waals surface area contributed by atoms with Gasteiger partial charge >= 0.3 is 0 Å². The van der Waals surface area contributed by atoms with Crippen LogP contribution in [0.25, 0.3) is 112 Å². The summed E-state index contributed by atoms with van der Waals surface area (Å²) in [7, 11) is 0. The predicted molar refractivity (Wildman–Crippen MR) is 327 cm³/mol. The van der Waals surface area contributed by atoms with Crippen molar-refractivity contribution in [1.29, 1.82) is 0 Å². The molecule has 374 valence electrons. The summed E-state index contributed by atoms with van der Waals surface area (Å²) in [4.78, 5) is 21.4. The molecule has 0 fully saturated rings. The molecule has 2 unspecified atom stereocenters. The first-order valence-corrected chi connectivity index (χ1v) is 27.4. The van der Waals surface area contributed by atoms with Crippen LogP contribution in [0.1, 0.15) is 45.2 Å². The number of hydrogen-bond acceptors (Lipinski definition) is 4. The average molecular weight is 1020 g/mol. The van der Waals surface area contributed by atoms with E-state index in [0.29, 0.717) is 11.6 Å². The van der Waals surface area contributed by atoms with Gasteiger partial charge in [0.1, 0.15) is 0 Å². The molecule has 0 amide bonds. The first-order valence-electron chi connectivity index (χ1n) is 27.4. The lowest BCUT2D eigenvalue weighted by Gasteiger charge is -2.42. The SMILES string of the molecule is c1ccc(-c2cccc(-c3ccc(-c4cc(-c5ccccc5)nc(-c5ccc6c(c5)C5c7ccccc7C6c6cc(-c7nc(-c8ccccc8)cc(-c8ccc(-c9cccc(-c%10ccccc%10)c9)cc8)n7)ccc65)n4)cc3)c2)cc1. The molecule has 0 saturated heterocycles. The van der Waals surface area contributed by atoms with Crippen molar-refractivity contribution in [2.75, 3.05) is 0 Å². The van der Waals surface area contributed by atoms with Crippen LogP contribution in [0, 0.1) is 0 Å². The summed E-state index contributed by atoms with van der Waals surface area (Å²) >= 11 is 0. The Labute approximate surface area is 466 Å². The molecule has 4 heteroatoms. The maximum atomic E-state index is 5.36. The molecule has 16 rings (SSSR count). The standard InChI is InChI=1S/C76H50N4/c1-5-17-49(18-6-1)57-25-15-27-59(43-57)51-31-35-55(36-32-51)71-47-69(53-21-9-3-10-22-53)77-75(79-71)61-39-41-65-67(45-61)73-63-29-13-14-30-64(63)74(65)68-46-62(40-42-66(68)73)76-78-70(54-23-11-4-12-24-54)48-72(80-76)56-37-33-52(34-38-56)60-28-16-26-58(44-60)50-19-7-2-8-20-50/h1-48,73-74H. The number of hydrogen-bond donors (Lipinski definition) is 0. The average Bonchev–Trinajstić information content (AvgIpc) is 3.73. The molecule has 3 aliphatic carbocycles. The van der Waals surface area contributed by atoms with E-state index in [1.54, 1.807) is 0 Å². The predicted octanol–water partition coefficient (Wildman–Crippen LogP) is 18.9. The first-order chi connectivity index (χ1) is 39.6. The van der Waals surface area contributed by atoms with Crippen LogP contribution in [0.4, 0.5) is 0 Å². The molecule has 0 saturated carbocycles.